The van der Waals surface area contributed by atoms with E-state index in [0.717, 1.165) is 5.56 Å². The Morgan fingerprint density at radius 3 is 2.29 bits per heavy atom. The number of carboxylic acid groups (broad SMARTS) is 1. The Morgan fingerprint density at radius 1 is 1.05 bits per heavy atom. The fraction of sp³-hybridized carbons (Fsp3) is 0.259. The van der Waals surface area contributed by atoms with Crippen molar-refractivity contribution in [3.05, 3.63) is 89.7 Å². The molecule has 0 radical (unpaired) electrons. The van der Waals surface area contributed by atoms with Gasteiger partial charge in [0.15, 0.2) is 0 Å². The molecule has 4 rings (SSSR count). The van der Waals surface area contributed by atoms with Crippen LogP contribution in [0.3, 0.4) is 0 Å². The molecule has 198 valence electrons. The molecule has 0 aliphatic carbocycles. The lowest BCUT2D eigenvalue weighted by Gasteiger charge is -2.30. The summed E-state index contributed by atoms with van der Waals surface area (Å²) in [6, 6.07) is 13.0. The average Bonchev–Trinajstić information content (AvgIpc) is 3.45. The Morgan fingerprint density at radius 2 is 1.71 bits per heavy atom. The second-order valence-corrected chi connectivity index (χ2v) is 10.9. The minimum absolute atomic E-state index is 0.158. The van der Waals surface area contributed by atoms with Crippen LogP contribution in [0.4, 0.5) is 5.69 Å². The van der Waals surface area contributed by atoms with E-state index < -0.39 is 34.0 Å². The normalized spacial score (nSPS) is 16.0. The molecule has 0 saturated carbocycles. The average molecular weight is 537 g/mol. The number of benzene rings is 2. The van der Waals surface area contributed by atoms with E-state index in [2.05, 4.69) is 15.6 Å². The summed E-state index contributed by atoms with van der Waals surface area (Å²) < 4.78 is 27.8. The van der Waals surface area contributed by atoms with Gasteiger partial charge in [0.1, 0.15) is 6.04 Å². The molecule has 1 aliphatic rings. The Labute approximate surface area is 220 Å². The molecule has 1 saturated heterocycles. The quantitative estimate of drug-likeness (QED) is 0.378. The van der Waals surface area contributed by atoms with Crippen LogP contribution in [0, 0.1) is 6.92 Å². The number of rotatable bonds is 9. The first-order chi connectivity index (χ1) is 18.2. The molecule has 38 heavy (non-hydrogen) atoms. The molecular formula is C27H28N4O6S. The monoisotopic (exact) mass is 536 g/mol. The lowest BCUT2D eigenvalue weighted by Crippen LogP contribution is -2.54. The largest absolute Gasteiger partial charge is 0.480 e. The molecule has 2 heterocycles. The highest BCUT2D eigenvalue weighted by atomic mass is 32.2. The number of carbonyl (C=O) groups excluding carboxylic acids is 2. The highest BCUT2D eigenvalue weighted by Gasteiger charge is 2.43. The van der Waals surface area contributed by atoms with Crippen molar-refractivity contribution in [2.45, 2.75) is 43.2 Å². The Bertz CT molecular complexity index is 1400. The number of carboxylic acids is 1. The van der Waals surface area contributed by atoms with E-state index >= 15 is 0 Å². The molecule has 0 unspecified atom stereocenters. The van der Waals surface area contributed by atoms with E-state index in [-0.39, 0.29) is 17.2 Å². The molecule has 1 aromatic heterocycles. The molecular weight excluding hydrogens is 508 g/mol. The van der Waals surface area contributed by atoms with Crippen molar-refractivity contribution < 1.29 is 27.9 Å². The van der Waals surface area contributed by atoms with Crippen LogP contribution in [0.25, 0.3) is 0 Å². The van der Waals surface area contributed by atoms with E-state index in [0.29, 0.717) is 40.5 Å². The minimum atomic E-state index is -4.47. The van der Waals surface area contributed by atoms with E-state index in [4.69, 9.17) is 0 Å². The smallest absolute Gasteiger partial charge is 0.328 e. The number of pyridine rings is 1. The summed E-state index contributed by atoms with van der Waals surface area (Å²) >= 11 is 0. The maximum absolute atomic E-state index is 13.7. The first-order valence-corrected chi connectivity index (χ1v) is 13.5. The lowest BCUT2D eigenvalue weighted by atomic mass is 10.0. The van der Waals surface area contributed by atoms with Gasteiger partial charge in [0, 0.05) is 30.1 Å². The van der Waals surface area contributed by atoms with Crippen molar-refractivity contribution in [3.63, 3.8) is 0 Å². The maximum atomic E-state index is 13.7. The third-order valence-electron chi connectivity index (χ3n) is 6.30. The number of amides is 2. The summed E-state index contributed by atoms with van der Waals surface area (Å²) in [4.78, 5) is 42.0. The topological polar surface area (TPSA) is 146 Å². The lowest BCUT2D eigenvalue weighted by molar-refractivity contribution is -0.146. The SMILES string of the molecule is Cc1ccc(S(=O)(=O)N(C(=O)[C@@H]2CCCN2)[C@H](Cc2ccc(NC(=O)c3ccncc3)cc2)C(=O)O)cc1. The van der Waals surface area contributed by atoms with Gasteiger partial charge in [-0.2, -0.15) is 0 Å². The molecule has 2 amide bonds. The van der Waals surface area contributed by atoms with Crippen LogP contribution in [0.2, 0.25) is 0 Å². The van der Waals surface area contributed by atoms with Crippen molar-refractivity contribution in [1.29, 1.82) is 0 Å². The van der Waals surface area contributed by atoms with Gasteiger partial charge in [-0.15, -0.1) is 0 Å². The second kappa shape index (κ2) is 11.5. The van der Waals surface area contributed by atoms with E-state index in [9.17, 15) is 27.9 Å². The standard InChI is InChI=1S/C27H28N4O6S/c1-18-4-10-22(11-5-18)38(36,37)31(26(33)23-3-2-14-29-23)24(27(34)35)17-19-6-8-21(9-7-19)30-25(32)20-12-15-28-16-13-20/h4-13,15-16,23-24,29H,2-3,14,17H2,1H3,(H,30,32)(H,34,35)/t23-,24+/m0/s1. The van der Waals surface area contributed by atoms with Gasteiger partial charge >= 0.3 is 5.97 Å². The summed E-state index contributed by atoms with van der Waals surface area (Å²) in [6.45, 7) is 2.34. The summed E-state index contributed by atoms with van der Waals surface area (Å²) in [7, 11) is -4.47. The zero-order chi connectivity index (χ0) is 27.3. The highest BCUT2D eigenvalue weighted by molar-refractivity contribution is 7.89. The van der Waals surface area contributed by atoms with Gasteiger partial charge in [0.2, 0.25) is 0 Å². The summed E-state index contributed by atoms with van der Waals surface area (Å²) in [6.07, 6.45) is 3.85. The van der Waals surface area contributed by atoms with Crippen molar-refractivity contribution in [3.8, 4) is 0 Å². The number of aromatic nitrogens is 1. The van der Waals surface area contributed by atoms with Crippen LogP contribution in [0.1, 0.15) is 34.3 Å². The van der Waals surface area contributed by atoms with Gasteiger partial charge in [-0.3, -0.25) is 14.6 Å². The summed E-state index contributed by atoms with van der Waals surface area (Å²) in [5, 5.41) is 15.8. The van der Waals surface area contributed by atoms with E-state index in [1.165, 1.54) is 24.5 Å². The van der Waals surface area contributed by atoms with Crippen LogP contribution in [-0.4, -0.2) is 59.2 Å². The number of nitrogens with zero attached hydrogens (tertiary/aromatic N) is 2. The van der Waals surface area contributed by atoms with Gasteiger partial charge in [0.05, 0.1) is 10.9 Å². The molecule has 1 aliphatic heterocycles. The molecule has 0 spiro atoms. The van der Waals surface area contributed by atoms with Crippen molar-refractivity contribution in [2.24, 2.45) is 0 Å². The number of carbonyl (C=O) groups is 3. The molecule has 10 nitrogen and oxygen atoms in total. The Kier molecular flexibility index (Phi) is 8.18. The zero-order valence-corrected chi connectivity index (χ0v) is 21.5. The first kappa shape index (κ1) is 27.0. The van der Waals surface area contributed by atoms with Gasteiger partial charge in [0.25, 0.3) is 21.8 Å². The molecule has 0 bridgehead atoms. The van der Waals surface area contributed by atoms with Crippen molar-refractivity contribution >= 4 is 33.5 Å². The molecule has 1 fully saturated rings. The van der Waals surface area contributed by atoms with Crippen LogP contribution < -0.4 is 10.6 Å². The Hall–Kier alpha value is -4.09. The number of aryl methyl sites for hydroxylation is 1. The zero-order valence-electron chi connectivity index (χ0n) is 20.7. The minimum Gasteiger partial charge on any atom is -0.480 e. The molecule has 11 heteroatoms. The Balaban J connectivity index is 1.61. The van der Waals surface area contributed by atoms with Crippen molar-refractivity contribution in [1.82, 2.24) is 14.6 Å². The fourth-order valence-electron chi connectivity index (χ4n) is 4.24. The predicted molar refractivity (Wildman–Crippen MR) is 140 cm³/mol. The van der Waals surface area contributed by atoms with Crippen LogP contribution in [0.5, 0.6) is 0 Å². The van der Waals surface area contributed by atoms with Gasteiger partial charge < -0.3 is 15.7 Å². The number of hydrogen-bond acceptors (Lipinski definition) is 7. The maximum Gasteiger partial charge on any atom is 0.328 e. The first-order valence-electron chi connectivity index (χ1n) is 12.1. The predicted octanol–water partition coefficient (Wildman–Crippen LogP) is 2.61. The second-order valence-electron chi connectivity index (χ2n) is 9.05. The highest BCUT2D eigenvalue weighted by Crippen LogP contribution is 2.25. The fourth-order valence-corrected chi connectivity index (χ4v) is 5.81. The van der Waals surface area contributed by atoms with Crippen LogP contribution in [-0.2, 0) is 26.0 Å². The number of hydrogen-bond donors (Lipinski definition) is 3. The molecule has 3 N–H and O–H groups in total. The van der Waals surface area contributed by atoms with E-state index in [1.807, 2.05) is 0 Å². The third kappa shape index (κ3) is 6.06. The van der Waals surface area contributed by atoms with Gasteiger partial charge in [-0.05, 0) is 68.3 Å². The number of nitrogens with one attached hydrogen (secondary N) is 2. The number of aliphatic carboxylic acids is 1. The number of anilines is 1. The number of sulfonamides is 1. The molecule has 2 atom stereocenters. The third-order valence-corrected chi connectivity index (χ3v) is 8.13. The van der Waals surface area contributed by atoms with Crippen LogP contribution >= 0.6 is 0 Å². The molecule has 2 aromatic carbocycles. The van der Waals surface area contributed by atoms with Crippen molar-refractivity contribution in [2.75, 3.05) is 11.9 Å². The van der Waals surface area contributed by atoms with Gasteiger partial charge in [-0.25, -0.2) is 17.5 Å². The molecule has 3 aromatic rings. The van der Waals surface area contributed by atoms with Gasteiger partial charge in [-0.1, -0.05) is 29.8 Å². The summed E-state index contributed by atoms with van der Waals surface area (Å²) in [5.74, 6) is -2.58. The van der Waals surface area contributed by atoms with E-state index in [1.54, 1.807) is 55.5 Å². The summed E-state index contributed by atoms with van der Waals surface area (Å²) in [5.41, 5.74) is 2.20. The van der Waals surface area contributed by atoms with Crippen LogP contribution in [0.15, 0.2) is 78.0 Å².